The predicted octanol–water partition coefficient (Wildman–Crippen LogP) is 1.89. The highest BCUT2D eigenvalue weighted by molar-refractivity contribution is 5.84. The van der Waals surface area contributed by atoms with Gasteiger partial charge in [0.15, 0.2) is 0 Å². The minimum Gasteiger partial charge on any atom is -0.381 e. The first-order valence-corrected chi connectivity index (χ1v) is 7.28. The van der Waals surface area contributed by atoms with Crippen LogP contribution in [-0.2, 0) is 9.53 Å². The van der Waals surface area contributed by atoms with Gasteiger partial charge in [-0.3, -0.25) is 10.1 Å². The van der Waals surface area contributed by atoms with Gasteiger partial charge in [-0.2, -0.15) is 0 Å². The van der Waals surface area contributed by atoms with Crippen molar-refractivity contribution in [1.82, 2.24) is 10.2 Å². The van der Waals surface area contributed by atoms with E-state index in [1.165, 1.54) is 0 Å². The lowest BCUT2D eigenvalue weighted by Gasteiger charge is -2.28. The maximum absolute atomic E-state index is 12.4. The second kappa shape index (κ2) is 6.02. The standard InChI is InChI=1S/C14H26N2O2/c1-4-5-6-13-14(17)16(10(2)15-13)11-7-8-12(9-11)18-3/h10-13,15H,4-9H2,1-3H3. The number of ether oxygens (including phenoxy) is 1. The summed E-state index contributed by atoms with van der Waals surface area (Å²) in [6.07, 6.45) is 6.91. The zero-order valence-electron chi connectivity index (χ0n) is 11.8. The molecule has 1 aliphatic heterocycles. The number of nitrogens with zero attached hydrogens (tertiary/aromatic N) is 1. The highest BCUT2D eigenvalue weighted by Gasteiger charge is 2.42. The highest BCUT2D eigenvalue weighted by atomic mass is 16.5. The lowest BCUT2D eigenvalue weighted by atomic mass is 10.1. The molecule has 2 fully saturated rings. The summed E-state index contributed by atoms with van der Waals surface area (Å²) in [5.41, 5.74) is 0. The van der Waals surface area contributed by atoms with Crippen LogP contribution in [0.25, 0.3) is 0 Å². The number of rotatable bonds is 5. The first kappa shape index (κ1) is 13.8. The zero-order chi connectivity index (χ0) is 13.1. The third kappa shape index (κ3) is 2.69. The molecule has 0 spiro atoms. The van der Waals surface area contributed by atoms with E-state index in [1.807, 2.05) is 0 Å². The van der Waals surface area contributed by atoms with Crippen molar-refractivity contribution in [2.45, 2.75) is 76.7 Å². The number of unbranched alkanes of at least 4 members (excludes halogenated alkanes) is 1. The molecular weight excluding hydrogens is 228 g/mol. The molecule has 4 atom stereocenters. The normalized spacial score (nSPS) is 36.6. The monoisotopic (exact) mass is 254 g/mol. The Labute approximate surface area is 110 Å². The molecule has 1 aliphatic carbocycles. The average Bonchev–Trinajstić information content (AvgIpc) is 2.92. The summed E-state index contributed by atoms with van der Waals surface area (Å²) < 4.78 is 5.40. The van der Waals surface area contributed by atoms with Gasteiger partial charge in [-0.1, -0.05) is 19.8 Å². The Bertz CT molecular complexity index is 296. The summed E-state index contributed by atoms with van der Waals surface area (Å²) in [6.45, 7) is 4.27. The molecule has 104 valence electrons. The van der Waals surface area contributed by atoms with Crippen molar-refractivity contribution in [1.29, 1.82) is 0 Å². The quantitative estimate of drug-likeness (QED) is 0.814. The molecular formula is C14H26N2O2. The molecule has 1 heterocycles. The second-order valence-corrected chi connectivity index (χ2v) is 5.61. The van der Waals surface area contributed by atoms with Crippen LogP contribution in [0.3, 0.4) is 0 Å². The molecule has 0 radical (unpaired) electrons. The van der Waals surface area contributed by atoms with Gasteiger partial charge in [-0.25, -0.2) is 0 Å². The van der Waals surface area contributed by atoms with Crippen LogP contribution < -0.4 is 5.32 Å². The van der Waals surface area contributed by atoms with Crippen molar-refractivity contribution in [3.05, 3.63) is 0 Å². The summed E-state index contributed by atoms with van der Waals surface area (Å²) in [6, 6.07) is 0.415. The fraction of sp³-hybridized carbons (Fsp3) is 0.929. The predicted molar refractivity (Wildman–Crippen MR) is 71.2 cm³/mol. The minimum atomic E-state index is 0.0431. The first-order valence-electron chi connectivity index (χ1n) is 7.28. The molecule has 1 amide bonds. The Morgan fingerprint density at radius 3 is 2.83 bits per heavy atom. The Morgan fingerprint density at radius 2 is 2.22 bits per heavy atom. The number of carbonyl (C=O) groups is 1. The van der Waals surface area contributed by atoms with E-state index in [2.05, 4.69) is 24.1 Å². The molecule has 4 nitrogen and oxygen atoms in total. The van der Waals surface area contributed by atoms with Gasteiger partial charge in [0.1, 0.15) is 0 Å². The van der Waals surface area contributed by atoms with Crippen LogP contribution in [0.5, 0.6) is 0 Å². The molecule has 2 aliphatic rings. The minimum absolute atomic E-state index is 0.0431. The molecule has 1 saturated carbocycles. The van der Waals surface area contributed by atoms with Gasteiger partial charge in [0.2, 0.25) is 5.91 Å². The van der Waals surface area contributed by atoms with Gasteiger partial charge < -0.3 is 9.64 Å². The van der Waals surface area contributed by atoms with E-state index >= 15 is 0 Å². The van der Waals surface area contributed by atoms with Crippen LogP contribution in [-0.4, -0.2) is 42.3 Å². The van der Waals surface area contributed by atoms with Crippen LogP contribution in [0.1, 0.15) is 52.4 Å². The third-order valence-corrected chi connectivity index (χ3v) is 4.34. The van der Waals surface area contributed by atoms with Gasteiger partial charge >= 0.3 is 0 Å². The SMILES string of the molecule is CCCCC1NC(C)N(C2CCC(OC)C2)C1=O. The van der Waals surface area contributed by atoms with E-state index in [-0.39, 0.29) is 12.2 Å². The van der Waals surface area contributed by atoms with E-state index in [0.717, 1.165) is 38.5 Å². The van der Waals surface area contributed by atoms with Crippen molar-refractivity contribution >= 4 is 5.91 Å². The van der Waals surface area contributed by atoms with Crippen molar-refractivity contribution < 1.29 is 9.53 Å². The topological polar surface area (TPSA) is 41.6 Å². The maximum atomic E-state index is 12.4. The van der Waals surface area contributed by atoms with Gasteiger partial charge in [-0.05, 0) is 32.6 Å². The summed E-state index contributed by atoms with van der Waals surface area (Å²) in [4.78, 5) is 14.5. The molecule has 4 unspecified atom stereocenters. The van der Waals surface area contributed by atoms with Crippen molar-refractivity contribution in [3.8, 4) is 0 Å². The van der Waals surface area contributed by atoms with E-state index in [4.69, 9.17) is 4.74 Å². The number of hydrogen-bond acceptors (Lipinski definition) is 3. The largest absolute Gasteiger partial charge is 0.381 e. The summed E-state index contributed by atoms with van der Waals surface area (Å²) in [5.74, 6) is 0.303. The third-order valence-electron chi connectivity index (χ3n) is 4.34. The van der Waals surface area contributed by atoms with E-state index in [9.17, 15) is 4.79 Å². The Hall–Kier alpha value is -0.610. The molecule has 18 heavy (non-hydrogen) atoms. The van der Waals surface area contributed by atoms with Crippen molar-refractivity contribution in [3.63, 3.8) is 0 Å². The van der Waals surface area contributed by atoms with E-state index in [1.54, 1.807) is 7.11 Å². The number of nitrogens with one attached hydrogen (secondary N) is 1. The van der Waals surface area contributed by atoms with Gasteiger partial charge in [0.05, 0.1) is 18.3 Å². The number of hydrogen-bond donors (Lipinski definition) is 1. The molecule has 0 bridgehead atoms. The van der Waals surface area contributed by atoms with Crippen molar-refractivity contribution in [2.24, 2.45) is 0 Å². The number of carbonyl (C=O) groups excluding carboxylic acids is 1. The molecule has 0 aromatic heterocycles. The Morgan fingerprint density at radius 1 is 1.44 bits per heavy atom. The first-order chi connectivity index (χ1) is 8.67. The summed E-state index contributed by atoms with van der Waals surface area (Å²) >= 11 is 0. The molecule has 1 N–H and O–H groups in total. The summed E-state index contributed by atoms with van der Waals surface area (Å²) in [7, 11) is 1.77. The lowest BCUT2D eigenvalue weighted by Crippen LogP contribution is -2.42. The number of methoxy groups -OCH3 is 1. The zero-order valence-corrected chi connectivity index (χ0v) is 11.8. The molecule has 1 saturated heterocycles. The Balaban J connectivity index is 1.94. The molecule has 0 aromatic rings. The Kier molecular flexibility index (Phi) is 4.62. The molecule has 0 aromatic carbocycles. The number of amides is 1. The van der Waals surface area contributed by atoms with Gasteiger partial charge in [-0.15, -0.1) is 0 Å². The van der Waals surface area contributed by atoms with Crippen LogP contribution in [0.15, 0.2) is 0 Å². The highest BCUT2D eigenvalue weighted by Crippen LogP contribution is 2.30. The van der Waals surface area contributed by atoms with Crippen molar-refractivity contribution in [2.75, 3.05) is 7.11 Å². The lowest BCUT2D eigenvalue weighted by molar-refractivity contribution is -0.132. The second-order valence-electron chi connectivity index (χ2n) is 5.61. The fourth-order valence-electron chi connectivity index (χ4n) is 3.31. The van der Waals surface area contributed by atoms with E-state index < -0.39 is 0 Å². The maximum Gasteiger partial charge on any atom is 0.241 e. The van der Waals surface area contributed by atoms with Crippen LogP contribution >= 0.6 is 0 Å². The van der Waals surface area contributed by atoms with Crippen LogP contribution in [0, 0.1) is 0 Å². The average molecular weight is 254 g/mol. The smallest absolute Gasteiger partial charge is 0.241 e. The fourth-order valence-corrected chi connectivity index (χ4v) is 3.31. The molecule has 2 rings (SSSR count). The van der Waals surface area contributed by atoms with Gasteiger partial charge in [0.25, 0.3) is 0 Å². The van der Waals surface area contributed by atoms with E-state index in [0.29, 0.717) is 18.1 Å². The molecule has 4 heteroatoms. The van der Waals surface area contributed by atoms with Crippen LogP contribution in [0.4, 0.5) is 0 Å². The van der Waals surface area contributed by atoms with Gasteiger partial charge in [0, 0.05) is 13.2 Å². The van der Waals surface area contributed by atoms with Crippen LogP contribution in [0.2, 0.25) is 0 Å². The summed E-state index contributed by atoms with van der Waals surface area (Å²) in [5, 5.41) is 3.43.